The van der Waals surface area contributed by atoms with Gasteiger partial charge in [-0.2, -0.15) is 0 Å². The molecule has 22 heavy (non-hydrogen) atoms. The molecular formula is C16H19BrN2O2S. The van der Waals surface area contributed by atoms with Gasteiger partial charge in [0.25, 0.3) is 0 Å². The number of benzene rings is 1. The molecule has 0 aliphatic carbocycles. The number of halogens is 1. The van der Waals surface area contributed by atoms with Crippen LogP contribution >= 0.6 is 27.7 Å². The highest BCUT2D eigenvalue weighted by Crippen LogP contribution is 2.33. The van der Waals surface area contributed by atoms with Gasteiger partial charge in [0.05, 0.1) is 12.2 Å². The fourth-order valence-corrected chi connectivity index (χ4v) is 3.34. The van der Waals surface area contributed by atoms with Crippen molar-refractivity contribution in [2.24, 2.45) is 4.99 Å². The maximum absolute atomic E-state index is 12.3. The molecule has 0 aromatic heterocycles. The first-order valence-electron chi connectivity index (χ1n) is 7.17. The summed E-state index contributed by atoms with van der Waals surface area (Å²) in [6.07, 6.45) is 0. The molecule has 6 heteroatoms. The Morgan fingerprint density at radius 3 is 2.86 bits per heavy atom. The maximum Gasteiger partial charge on any atom is 0.338 e. The van der Waals surface area contributed by atoms with Crippen molar-refractivity contribution in [3.05, 3.63) is 45.6 Å². The number of nitrogens with zero attached hydrogens (tertiary/aromatic N) is 1. The van der Waals surface area contributed by atoms with Crippen molar-refractivity contribution >= 4 is 38.8 Å². The Morgan fingerprint density at radius 2 is 2.23 bits per heavy atom. The summed E-state index contributed by atoms with van der Waals surface area (Å²) < 4.78 is 6.17. The first kappa shape index (κ1) is 17.1. The highest BCUT2D eigenvalue weighted by Gasteiger charge is 2.30. The number of nitrogens with one attached hydrogen (secondary N) is 1. The van der Waals surface area contributed by atoms with Gasteiger partial charge >= 0.3 is 5.97 Å². The molecule has 118 valence electrons. The first-order chi connectivity index (χ1) is 10.6. The molecule has 0 fully saturated rings. The lowest BCUT2D eigenvalue weighted by Gasteiger charge is -2.25. The van der Waals surface area contributed by atoms with E-state index in [-0.39, 0.29) is 12.0 Å². The highest BCUT2D eigenvalue weighted by atomic mass is 79.9. The molecule has 1 N–H and O–H groups in total. The maximum atomic E-state index is 12.3. The number of hydrogen-bond donors (Lipinski definition) is 1. The van der Waals surface area contributed by atoms with Crippen LogP contribution in [0.1, 0.15) is 32.4 Å². The van der Waals surface area contributed by atoms with Crippen molar-refractivity contribution < 1.29 is 9.53 Å². The minimum atomic E-state index is -0.341. The van der Waals surface area contributed by atoms with E-state index in [1.54, 1.807) is 18.7 Å². The van der Waals surface area contributed by atoms with Crippen LogP contribution in [0, 0.1) is 0 Å². The Kier molecular flexibility index (Phi) is 6.08. The molecule has 0 radical (unpaired) electrons. The summed E-state index contributed by atoms with van der Waals surface area (Å²) in [6, 6.07) is 7.52. The predicted molar refractivity (Wildman–Crippen MR) is 94.9 cm³/mol. The number of rotatable bonds is 4. The second-order valence-corrected chi connectivity index (χ2v) is 6.88. The van der Waals surface area contributed by atoms with Gasteiger partial charge < -0.3 is 10.1 Å². The molecule has 1 aromatic rings. The van der Waals surface area contributed by atoms with E-state index in [0.717, 1.165) is 26.7 Å². The summed E-state index contributed by atoms with van der Waals surface area (Å²) >= 11 is 5.10. The molecule has 1 aliphatic heterocycles. The monoisotopic (exact) mass is 382 g/mol. The van der Waals surface area contributed by atoms with Crippen LogP contribution in [0.3, 0.4) is 0 Å². The largest absolute Gasteiger partial charge is 0.463 e. The predicted octanol–water partition coefficient (Wildman–Crippen LogP) is 4.04. The minimum absolute atomic E-state index is 0.318. The van der Waals surface area contributed by atoms with E-state index in [0.29, 0.717) is 12.2 Å². The Hall–Kier alpha value is -1.27. The number of carbonyl (C=O) groups excluding carboxylic acids is 1. The van der Waals surface area contributed by atoms with Gasteiger partial charge in [-0.15, -0.1) is 0 Å². The Bertz CT molecular complexity index is 628. The average Bonchev–Trinajstić information content (AvgIpc) is 2.47. The molecular weight excluding hydrogens is 364 g/mol. The van der Waals surface area contributed by atoms with E-state index in [4.69, 9.17) is 9.73 Å². The normalized spacial score (nSPS) is 17.8. The van der Waals surface area contributed by atoms with Gasteiger partial charge in [-0.05, 0) is 37.3 Å². The van der Waals surface area contributed by atoms with Crippen molar-refractivity contribution in [2.45, 2.75) is 26.8 Å². The van der Waals surface area contributed by atoms with Gasteiger partial charge in [-0.1, -0.05) is 46.7 Å². The lowest BCUT2D eigenvalue weighted by atomic mass is 9.97. The fraction of sp³-hybridized carbons (Fsp3) is 0.375. The van der Waals surface area contributed by atoms with Crippen LogP contribution in [0.2, 0.25) is 0 Å². The summed E-state index contributed by atoms with van der Waals surface area (Å²) in [5, 5.41) is 4.03. The van der Waals surface area contributed by atoms with Crippen LogP contribution in [-0.2, 0) is 9.53 Å². The molecule has 4 nitrogen and oxygen atoms in total. The molecule has 0 saturated heterocycles. The van der Waals surface area contributed by atoms with Crippen LogP contribution in [0.25, 0.3) is 0 Å². The van der Waals surface area contributed by atoms with Gasteiger partial charge in [-0.3, -0.25) is 0 Å². The zero-order valence-electron chi connectivity index (χ0n) is 12.9. The van der Waals surface area contributed by atoms with Crippen molar-refractivity contribution in [3.63, 3.8) is 0 Å². The molecule has 0 unspecified atom stereocenters. The van der Waals surface area contributed by atoms with Crippen molar-refractivity contribution in [1.82, 2.24) is 5.32 Å². The number of allylic oxidation sites excluding steroid dienone is 1. The number of carbonyl (C=O) groups is 1. The Morgan fingerprint density at radius 1 is 1.45 bits per heavy atom. The number of ether oxygens (including phenoxy) is 1. The topological polar surface area (TPSA) is 50.7 Å². The van der Waals surface area contributed by atoms with Gasteiger partial charge in [0.1, 0.15) is 6.04 Å². The fourth-order valence-electron chi connectivity index (χ4n) is 2.25. The summed E-state index contributed by atoms with van der Waals surface area (Å²) in [5.41, 5.74) is 2.34. The van der Waals surface area contributed by atoms with E-state index in [9.17, 15) is 4.79 Å². The first-order valence-corrected chi connectivity index (χ1v) is 8.95. The average molecular weight is 383 g/mol. The second kappa shape index (κ2) is 7.83. The molecule has 1 aliphatic rings. The van der Waals surface area contributed by atoms with E-state index >= 15 is 0 Å². The summed E-state index contributed by atoms with van der Waals surface area (Å²) in [7, 11) is 0. The minimum Gasteiger partial charge on any atom is -0.463 e. The molecule has 0 amide bonds. The van der Waals surface area contributed by atoms with Crippen LogP contribution in [-0.4, -0.2) is 23.5 Å². The molecule has 1 heterocycles. The Balaban J connectivity index is 2.45. The van der Waals surface area contributed by atoms with Crippen LogP contribution in [0.15, 0.2) is 45.0 Å². The quantitative estimate of drug-likeness (QED) is 0.798. The highest BCUT2D eigenvalue weighted by molar-refractivity contribution is 9.10. The van der Waals surface area contributed by atoms with E-state index in [1.807, 2.05) is 31.2 Å². The van der Waals surface area contributed by atoms with Crippen LogP contribution in [0.5, 0.6) is 0 Å². The van der Waals surface area contributed by atoms with Gasteiger partial charge in [0.2, 0.25) is 0 Å². The van der Waals surface area contributed by atoms with Crippen molar-refractivity contribution in [1.29, 1.82) is 0 Å². The molecule has 1 aromatic carbocycles. The zero-order valence-corrected chi connectivity index (χ0v) is 15.3. The van der Waals surface area contributed by atoms with Crippen LogP contribution in [0.4, 0.5) is 0 Å². The third kappa shape index (κ3) is 3.93. The standard InChI is InChI=1S/C16H19BrN2O2S/c1-4-21-15(20)13-10(3)18-16(22-5-2)19-14(13)11-7-6-8-12(17)9-11/h6-9,14H,4-5H2,1-3H3,(H,18,19)/t14-/m1/s1. The second-order valence-electron chi connectivity index (χ2n) is 4.71. The molecule has 0 spiro atoms. The zero-order chi connectivity index (χ0) is 16.1. The van der Waals surface area contributed by atoms with Gasteiger partial charge in [0, 0.05) is 10.2 Å². The number of aliphatic imine (C=N–C) groups is 1. The van der Waals surface area contributed by atoms with E-state index < -0.39 is 0 Å². The lowest BCUT2D eigenvalue weighted by Crippen LogP contribution is -2.30. The number of hydrogen-bond acceptors (Lipinski definition) is 5. The Labute approximate surface area is 143 Å². The van der Waals surface area contributed by atoms with Crippen LogP contribution < -0.4 is 5.32 Å². The lowest BCUT2D eigenvalue weighted by molar-refractivity contribution is -0.138. The molecule has 0 saturated carbocycles. The van der Waals surface area contributed by atoms with Gasteiger partial charge in [-0.25, -0.2) is 9.79 Å². The number of amidine groups is 1. The van der Waals surface area contributed by atoms with Gasteiger partial charge in [0.15, 0.2) is 5.17 Å². The SMILES string of the molecule is CCOC(=O)C1=C(C)NC(SCC)=N[C@@H]1c1cccc(Br)c1. The molecule has 1 atom stereocenters. The third-order valence-corrected chi connectivity index (χ3v) is 4.42. The van der Waals surface area contributed by atoms with Crippen molar-refractivity contribution in [3.8, 4) is 0 Å². The summed E-state index contributed by atoms with van der Waals surface area (Å²) in [6.45, 7) is 6.12. The van der Waals surface area contributed by atoms with Crippen molar-refractivity contribution in [2.75, 3.05) is 12.4 Å². The number of esters is 1. The third-order valence-electron chi connectivity index (χ3n) is 3.16. The number of thioether (sulfide) groups is 1. The smallest absolute Gasteiger partial charge is 0.338 e. The van der Waals surface area contributed by atoms with E-state index in [1.165, 1.54) is 0 Å². The summed E-state index contributed by atoms with van der Waals surface area (Å²) in [4.78, 5) is 17.0. The molecule has 2 rings (SSSR count). The summed E-state index contributed by atoms with van der Waals surface area (Å²) in [5.74, 6) is 0.598. The van der Waals surface area contributed by atoms with E-state index in [2.05, 4.69) is 28.2 Å². The molecule has 0 bridgehead atoms.